The molecule has 0 amide bonds. The molecule has 0 radical (unpaired) electrons. The summed E-state index contributed by atoms with van der Waals surface area (Å²) in [6.07, 6.45) is 1.93. The van der Waals surface area contributed by atoms with E-state index in [1.54, 1.807) is 0 Å². The molecule has 5 heteroatoms. The van der Waals surface area contributed by atoms with Crippen LogP contribution in [0.15, 0.2) is 54.7 Å². The molecule has 0 saturated carbocycles. The number of aromatic nitrogens is 2. The van der Waals surface area contributed by atoms with Crippen LogP contribution in [0.4, 0.5) is 5.69 Å². The average molecular weight is 336 g/mol. The number of pyridine rings is 1. The van der Waals surface area contributed by atoms with E-state index in [1.165, 1.54) is 0 Å². The van der Waals surface area contributed by atoms with Crippen molar-refractivity contribution in [2.45, 2.75) is 13.5 Å². The van der Waals surface area contributed by atoms with Crippen molar-refractivity contribution in [2.75, 3.05) is 26.4 Å². The fraction of sp³-hybridized carbons (Fsp3) is 0.250. The van der Waals surface area contributed by atoms with Gasteiger partial charge in [-0.05, 0) is 63.0 Å². The van der Waals surface area contributed by atoms with Gasteiger partial charge in [-0.3, -0.25) is 0 Å². The van der Waals surface area contributed by atoms with Gasteiger partial charge in [0.2, 0.25) is 0 Å². The van der Waals surface area contributed by atoms with Crippen molar-refractivity contribution in [2.24, 2.45) is 0 Å². The van der Waals surface area contributed by atoms with Crippen molar-refractivity contribution in [3.8, 4) is 17.0 Å². The van der Waals surface area contributed by atoms with Gasteiger partial charge in [0.25, 0.3) is 0 Å². The minimum absolute atomic E-state index is 0.527. The monoisotopic (exact) mass is 336 g/mol. The number of nitrogens with two attached hydrogens (primary N) is 1. The maximum Gasteiger partial charge on any atom is 0.137 e. The van der Waals surface area contributed by atoms with E-state index in [9.17, 15) is 0 Å². The third-order valence-electron chi connectivity index (χ3n) is 3.82. The summed E-state index contributed by atoms with van der Waals surface area (Å²) >= 11 is 0. The molecule has 0 unspecified atom stereocenters. The van der Waals surface area contributed by atoms with E-state index in [0.717, 1.165) is 46.2 Å². The second-order valence-electron chi connectivity index (χ2n) is 6.61. The van der Waals surface area contributed by atoms with E-state index in [4.69, 9.17) is 15.5 Å². The molecule has 1 aromatic carbocycles. The molecule has 0 bridgehead atoms. The lowest BCUT2D eigenvalue weighted by molar-refractivity contribution is 0.353. The number of hydrogen-bond acceptors (Lipinski definition) is 4. The molecule has 0 spiro atoms. The first-order chi connectivity index (χ1) is 11.9. The molecule has 25 heavy (non-hydrogen) atoms. The van der Waals surface area contributed by atoms with E-state index in [2.05, 4.69) is 15.9 Å². The Morgan fingerprint density at radius 3 is 2.56 bits per heavy atom. The molecule has 2 aromatic heterocycles. The van der Waals surface area contributed by atoms with Gasteiger partial charge in [-0.2, -0.15) is 0 Å². The molecule has 5 nitrogen and oxygen atoms in total. The lowest BCUT2D eigenvalue weighted by Gasteiger charge is -2.12. The summed E-state index contributed by atoms with van der Waals surface area (Å²) in [7, 11) is 4.09. The Bertz CT molecular complexity index is 894. The first-order valence-electron chi connectivity index (χ1n) is 8.23. The van der Waals surface area contributed by atoms with Gasteiger partial charge in [-0.25, -0.2) is 4.98 Å². The molecule has 3 rings (SSSR count). The summed E-state index contributed by atoms with van der Waals surface area (Å²) in [6.45, 7) is 7.10. The molecule has 0 aliphatic heterocycles. The Hall–Kier alpha value is -2.79. The fourth-order valence-electron chi connectivity index (χ4n) is 2.71. The molecule has 0 aliphatic rings. The zero-order valence-corrected chi connectivity index (χ0v) is 15.0. The number of hydrogen-bond donors (Lipinski definition) is 1. The maximum atomic E-state index is 5.96. The number of ether oxygens (including phenoxy) is 1. The standard InChI is InChI=1S/C20H24N4O/c1-14(2)13-25-17-8-5-15(6-9-17)20-18(12-23(3)4)24-11-16(21)7-10-19(24)22-20/h5-11H,1,12-13,21H2,2-4H3. The number of anilines is 1. The molecule has 0 aliphatic carbocycles. The highest BCUT2D eigenvalue weighted by atomic mass is 16.5. The summed E-state index contributed by atoms with van der Waals surface area (Å²) in [4.78, 5) is 6.93. The molecule has 2 N–H and O–H groups in total. The van der Waals surface area contributed by atoms with Crippen molar-refractivity contribution >= 4 is 11.3 Å². The van der Waals surface area contributed by atoms with Gasteiger partial charge in [0.1, 0.15) is 18.0 Å². The highest BCUT2D eigenvalue weighted by molar-refractivity contribution is 5.68. The van der Waals surface area contributed by atoms with Crippen LogP contribution < -0.4 is 10.5 Å². The Morgan fingerprint density at radius 1 is 1.20 bits per heavy atom. The molecular weight excluding hydrogens is 312 g/mol. The zero-order chi connectivity index (χ0) is 18.0. The quantitative estimate of drug-likeness (QED) is 0.699. The summed E-state index contributed by atoms with van der Waals surface area (Å²) in [5, 5.41) is 0. The van der Waals surface area contributed by atoms with Crippen molar-refractivity contribution < 1.29 is 4.74 Å². The van der Waals surface area contributed by atoms with Crippen LogP contribution in [0, 0.1) is 0 Å². The van der Waals surface area contributed by atoms with Gasteiger partial charge in [-0.15, -0.1) is 0 Å². The Morgan fingerprint density at radius 2 is 1.92 bits per heavy atom. The predicted molar refractivity (Wildman–Crippen MR) is 103 cm³/mol. The van der Waals surface area contributed by atoms with Gasteiger partial charge in [0, 0.05) is 24.0 Å². The number of imidazole rings is 1. The molecule has 0 fully saturated rings. The summed E-state index contributed by atoms with van der Waals surface area (Å²) in [5.74, 6) is 0.828. The van der Waals surface area contributed by atoms with Gasteiger partial charge in [-0.1, -0.05) is 6.58 Å². The van der Waals surface area contributed by atoms with Crippen molar-refractivity contribution in [1.82, 2.24) is 14.3 Å². The van der Waals surface area contributed by atoms with Crippen LogP contribution in [-0.2, 0) is 6.54 Å². The van der Waals surface area contributed by atoms with Crippen LogP contribution in [0.2, 0.25) is 0 Å². The summed E-state index contributed by atoms with van der Waals surface area (Å²) in [6, 6.07) is 11.8. The van der Waals surface area contributed by atoms with Crippen LogP contribution in [0.25, 0.3) is 16.9 Å². The highest BCUT2D eigenvalue weighted by Crippen LogP contribution is 2.27. The molecule has 2 heterocycles. The van der Waals surface area contributed by atoms with Crippen molar-refractivity contribution in [3.63, 3.8) is 0 Å². The van der Waals surface area contributed by atoms with Gasteiger partial charge >= 0.3 is 0 Å². The van der Waals surface area contributed by atoms with Crippen molar-refractivity contribution in [1.29, 1.82) is 0 Å². The Labute approximate surface area is 148 Å². The van der Waals surface area contributed by atoms with E-state index in [-0.39, 0.29) is 0 Å². The highest BCUT2D eigenvalue weighted by Gasteiger charge is 2.15. The van der Waals surface area contributed by atoms with Gasteiger partial charge in [0.05, 0.1) is 11.4 Å². The summed E-state index contributed by atoms with van der Waals surface area (Å²) in [5.41, 5.74) is 11.7. The average Bonchev–Trinajstić information content (AvgIpc) is 2.91. The van der Waals surface area contributed by atoms with E-state index >= 15 is 0 Å². The SMILES string of the molecule is C=C(C)COc1ccc(-c2nc3ccc(N)cn3c2CN(C)C)cc1. The Balaban J connectivity index is 2.00. The minimum atomic E-state index is 0.527. The van der Waals surface area contributed by atoms with Crippen LogP contribution in [0.5, 0.6) is 5.75 Å². The molecule has 0 atom stereocenters. The number of benzene rings is 1. The van der Waals surface area contributed by atoms with Crippen LogP contribution in [0.3, 0.4) is 0 Å². The third-order valence-corrected chi connectivity index (χ3v) is 3.82. The molecular formula is C20H24N4O. The largest absolute Gasteiger partial charge is 0.489 e. The number of rotatable bonds is 6. The van der Waals surface area contributed by atoms with Crippen LogP contribution in [0.1, 0.15) is 12.6 Å². The predicted octanol–water partition coefficient (Wildman–Crippen LogP) is 3.60. The number of fused-ring (bicyclic) bond motifs is 1. The van der Waals surface area contributed by atoms with E-state index < -0.39 is 0 Å². The molecule has 3 aromatic rings. The summed E-state index contributed by atoms with van der Waals surface area (Å²) < 4.78 is 7.74. The first-order valence-corrected chi connectivity index (χ1v) is 8.23. The van der Waals surface area contributed by atoms with E-state index in [0.29, 0.717) is 6.61 Å². The molecule has 0 saturated heterocycles. The normalized spacial score (nSPS) is 11.2. The second kappa shape index (κ2) is 6.99. The number of nitrogen functional groups attached to an aromatic ring is 1. The molecule has 130 valence electrons. The van der Waals surface area contributed by atoms with Gasteiger partial charge < -0.3 is 19.8 Å². The second-order valence-corrected chi connectivity index (χ2v) is 6.61. The van der Waals surface area contributed by atoms with Crippen LogP contribution in [-0.4, -0.2) is 35.0 Å². The third kappa shape index (κ3) is 3.83. The van der Waals surface area contributed by atoms with Gasteiger partial charge in [0.15, 0.2) is 0 Å². The van der Waals surface area contributed by atoms with E-state index in [1.807, 2.05) is 63.6 Å². The van der Waals surface area contributed by atoms with Crippen molar-refractivity contribution in [3.05, 3.63) is 60.4 Å². The van der Waals surface area contributed by atoms with Crippen LogP contribution >= 0.6 is 0 Å². The smallest absolute Gasteiger partial charge is 0.137 e. The minimum Gasteiger partial charge on any atom is -0.489 e. The lowest BCUT2D eigenvalue weighted by atomic mass is 10.1. The Kier molecular flexibility index (Phi) is 4.76. The maximum absolute atomic E-state index is 5.96. The number of nitrogens with zero attached hydrogens (tertiary/aromatic N) is 3. The fourth-order valence-corrected chi connectivity index (χ4v) is 2.71. The zero-order valence-electron chi connectivity index (χ0n) is 15.0. The lowest BCUT2D eigenvalue weighted by Crippen LogP contribution is -2.13. The topological polar surface area (TPSA) is 55.8 Å². The first kappa shape index (κ1) is 17.0.